The van der Waals surface area contributed by atoms with Crippen LogP contribution in [0.5, 0.6) is 5.75 Å². The zero-order valence-corrected chi connectivity index (χ0v) is 13.9. The molecule has 0 unspecified atom stereocenters. The van der Waals surface area contributed by atoms with Gasteiger partial charge >= 0.3 is 0 Å². The first-order valence-corrected chi connectivity index (χ1v) is 7.75. The Hall–Kier alpha value is -1.26. The highest BCUT2D eigenvalue weighted by atomic mass is 35.5. The SMILES string of the molecule is CCCNCc1c(Cl)cccc1OCCCC(=O)N(C)C. The highest BCUT2D eigenvalue weighted by Gasteiger charge is 2.09. The van der Waals surface area contributed by atoms with Crippen molar-refractivity contribution in [2.45, 2.75) is 32.7 Å². The summed E-state index contributed by atoms with van der Waals surface area (Å²) in [5, 5.41) is 4.04. The molecule has 5 heteroatoms. The van der Waals surface area contributed by atoms with Gasteiger partial charge in [-0.2, -0.15) is 0 Å². The standard InChI is InChI=1S/C16H25ClN2O2/c1-4-10-18-12-13-14(17)7-5-8-15(13)21-11-6-9-16(20)19(2)3/h5,7-8,18H,4,6,9-12H2,1-3H3. The molecule has 0 atom stereocenters. The fourth-order valence-corrected chi connectivity index (χ4v) is 2.10. The molecule has 1 N–H and O–H groups in total. The third kappa shape index (κ3) is 6.36. The number of rotatable bonds is 9. The van der Waals surface area contributed by atoms with E-state index < -0.39 is 0 Å². The van der Waals surface area contributed by atoms with Crippen molar-refractivity contribution in [1.82, 2.24) is 10.2 Å². The summed E-state index contributed by atoms with van der Waals surface area (Å²) in [7, 11) is 3.52. The lowest BCUT2D eigenvalue weighted by Gasteiger charge is -2.14. The van der Waals surface area contributed by atoms with E-state index in [1.807, 2.05) is 18.2 Å². The number of halogens is 1. The Morgan fingerprint density at radius 3 is 2.81 bits per heavy atom. The first-order chi connectivity index (χ1) is 10.1. The van der Waals surface area contributed by atoms with Gasteiger partial charge in [0.05, 0.1) is 6.61 Å². The van der Waals surface area contributed by atoms with Crippen LogP contribution in [0.3, 0.4) is 0 Å². The average Bonchev–Trinajstić information content (AvgIpc) is 2.45. The lowest BCUT2D eigenvalue weighted by Crippen LogP contribution is -2.21. The molecule has 1 amide bonds. The number of carbonyl (C=O) groups is 1. The molecule has 0 aliphatic carbocycles. The maximum atomic E-state index is 11.5. The summed E-state index contributed by atoms with van der Waals surface area (Å²) in [6.07, 6.45) is 2.27. The number of carbonyl (C=O) groups excluding carboxylic acids is 1. The van der Waals surface area contributed by atoms with Crippen LogP contribution in [-0.4, -0.2) is 38.1 Å². The molecule has 0 aliphatic heterocycles. The number of amides is 1. The van der Waals surface area contributed by atoms with Crippen LogP contribution in [0.4, 0.5) is 0 Å². The van der Waals surface area contributed by atoms with Crippen molar-refractivity contribution in [3.05, 3.63) is 28.8 Å². The normalized spacial score (nSPS) is 10.5. The topological polar surface area (TPSA) is 41.6 Å². The predicted octanol–water partition coefficient (Wildman–Crippen LogP) is 3.09. The highest BCUT2D eigenvalue weighted by Crippen LogP contribution is 2.26. The van der Waals surface area contributed by atoms with Gasteiger partial charge in [0.1, 0.15) is 5.75 Å². The summed E-state index contributed by atoms with van der Waals surface area (Å²) in [6.45, 7) is 4.28. The van der Waals surface area contributed by atoms with Gasteiger partial charge < -0.3 is 15.0 Å². The number of ether oxygens (including phenoxy) is 1. The molecule has 0 heterocycles. The third-order valence-corrected chi connectivity index (χ3v) is 3.45. The smallest absolute Gasteiger partial charge is 0.222 e. The number of nitrogens with one attached hydrogen (secondary N) is 1. The molecule has 21 heavy (non-hydrogen) atoms. The van der Waals surface area contributed by atoms with Gasteiger partial charge in [0.15, 0.2) is 0 Å². The Bertz CT molecular complexity index is 450. The van der Waals surface area contributed by atoms with Crippen molar-refractivity contribution < 1.29 is 9.53 Å². The number of hydrogen-bond donors (Lipinski definition) is 1. The van der Waals surface area contributed by atoms with Crippen LogP contribution in [0.1, 0.15) is 31.7 Å². The Labute approximate surface area is 132 Å². The van der Waals surface area contributed by atoms with Crippen molar-refractivity contribution in [3.8, 4) is 5.75 Å². The number of hydrogen-bond acceptors (Lipinski definition) is 3. The monoisotopic (exact) mass is 312 g/mol. The minimum absolute atomic E-state index is 0.120. The quantitative estimate of drug-likeness (QED) is 0.712. The van der Waals surface area contributed by atoms with Gasteiger partial charge in [-0.05, 0) is 31.5 Å². The van der Waals surface area contributed by atoms with Crippen LogP contribution in [0, 0.1) is 0 Å². The fraction of sp³-hybridized carbons (Fsp3) is 0.562. The molecule has 0 saturated carbocycles. The lowest BCUT2D eigenvalue weighted by atomic mass is 10.2. The summed E-state index contributed by atoms with van der Waals surface area (Å²) in [5.41, 5.74) is 0.978. The first-order valence-electron chi connectivity index (χ1n) is 7.37. The second-order valence-corrected chi connectivity index (χ2v) is 5.54. The summed E-state index contributed by atoms with van der Waals surface area (Å²) in [4.78, 5) is 13.1. The van der Waals surface area contributed by atoms with Gasteiger partial charge in [-0.15, -0.1) is 0 Å². The van der Waals surface area contributed by atoms with Gasteiger partial charge in [0, 0.05) is 37.6 Å². The maximum absolute atomic E-state index is 11.5. The summed E-state index contributed by atoms with van der Waals surface area (Å²) >= 11 is 6.23. The van der Waals surface area contributed by atoms with Gasteiger partial charge in [-0.25, -0.2) is 0 Å². The van der Waals surface area contributed by atoms with Gasteiger partial charge in [0.2, 0.25) is 5.91 Å². The van der Waals surface area contributed by atoms with E-state index in [-0.39, 0.29) is 5.91 Å². The number of benzene rings is 1. The maximum Gasteiger partial charge on any atom is 0.222 e. The molecule has 4 nitrogen and oxygen atoms in total. The Morgan fingerprint density at radius 1 is 1.38 bits per heavy atom. The van der Waals surface area contributed by atoms with Gasteiger partial charge in [0.25, 0.3) is 0 Å². The zero-order chi connectivity index (χ0) is 15.7. The second-order valence-electron chi connectivity index (χ2n) is 5.13. The van der Waals surface area contributed by atoms with Crippen molar-refractivity contribution in [3.63, 3.8) is 0 Å². The second kappa shape index (κ2) is 9.64. The van der Waals surface area contributed by atoms with E-state index in [0.717, 1.165) is 24.3 Å². The first kappa shape index (κ1) is 17.8. The van der Waals surface area contributed by atoms with Gasteiger partial charge in [-0.3, -0.25) is 4.79 Å². The molecule has 0 bridgehead atoms. The third-order valence-electron chi connectivity index (χ3n) is 3.10. The van der Waals surface area contributed by atoms with Crippen LogP contribution in [0.15, 0.2) is 18.2 Å². The van der Waals surface area contributed by atoms with Crippen molar-refractivity contribution in [1.29, 1.82) is 0 Å². The molecule has 1 aromatic rings. The zero-order valence-electron chi connectivity index (χ0n) is 13.1. The Balaban J connectivity index is 2.50. The Morgan fingerprint density at radius 2 is 2.14 bits per heavy atom. The van der Waals surface area contributed by atoms with Gasteiger partial charge in [-0.1, -0.05) is 24.6 Å². The molecule has 0 spiro atoms. The van der Waals surface area contributed by atoms with Crippen LogP contribution in [0.2, 0.25) is 5.02 Å². The van der Waals surface area contributed by atoms with E-state index in [1.165, 1.54) is 0 Å². The average molecular weight is 313 g/mol. The van der Waals surface area contributed by atoms with Crippen molar-refractivity contribution in [2.24, 2.45) is 0 Å². The minimum Gasteiger partial charge on any atom is -0.493 e. The summed E-state index contributed by atoms with van der Waals surface area (Å²) < 4.78 is 5.78. The van der Waals surface area contributed by atoms with E-state index in [0.29, 0.717) is 31.0 Å². The summed E-state index contributed by atoms with van der Waals surface area (Å²) in [5.74, 6) is 0.915. The molecule has 0 aliphatic rings. The van der Waals surface area contributed by atoms with Crippen LogP contribution >= 0.6 is 11.6 Å². The van der Waals surface area contributed by atoms with E-state index in [4.69, 9.17) is 16.3 Å². The van der Waals surface area contributed by atoms with Crippen LogP contribution in [-0.2, 0) is 11.3 Å². The molecule has 1 aromatic carbocycles. The molecule has 1 rings (SSSR count). The molecule has 0 fully saturated rings. The molecular weight excluding hydrogens is 288 g/mol. The van der Waals surface area contributed by atoms with Crippen LogP contribution < -0.4 is 10.1 Å². The van der Waals surface area contributed by atoms with E-state index in [9.17, 15) is 4.79 Å². The van der Waals surface area contributed by atoms with E-state index in [1.54, 1.807) is 19.0 Å². The largest absolute Gasteiger partial charge is 0.493 e. The molecule has 0 radical (unpaired) electrons. The highest BCUT2D eigenvalue weighted by molar-refractivity contribution is 6.31. The van der Waals surface area contributed by atoms with Crippen molar-refractivity contribution >= 4 is 17.5 Å². The molecule has 118 valence electrons. The van der Waals surface area contributed by atoms with E-state index >= 15 is 0 Å². The summed E-state index contributed by atoms with van der Waals surface area (Å²) in [6, 6.07) is 5.67. The Kier molecular flexibility index (Phi) is 8.16. The van der Waals surface area contributed by atoms with Crippen LogP contribution in [0.25, 0.3) is 0 Å². The molecule has 0 saturated heterocycles. The van der Waals surface area contributed by atoms with Crippen molar-refractivity contribution in [2.75, 3.05) is 27.2 Å². The predicted molar refractivity (Wildman–Crippen MR) is 86.9 cm³/mol. The number of nitrogens with zero attached hydrogens (tertiary/aromatic N) is 1. The lowest BCUT2D eigenvalue weighted by molar-refractivity contribution is -0.128. The molecule has 0 aromatic heterocycles. The molecular formula is C16H25ClN2O2. The fourth-order valence-electron chi connectivity index (χ4n) is 1.86. The minimum atomic E-state index is 0.120. The van der Waals surface area contributed by atoms with E-state index in [2.05, 4.69) is 12.2 Å².